The molecule has 0 unspecified atom stereocenters. The predicted octanol–water partition coefficient (Wildman–Crippen LogP) is 3.84. The standard InChI is InChI=1S/C19H21N3O2/c1-3-6-17(18-20-15-7-4-5-8-16(15)21-18)22-19(23)13-9-11-14(24-2)12-10-13/h4-5,7-12,17H,3,6H2,1-2H3,(H,20,21)(H,22,23)/t17-/m0/s1. The van der Waals surface area contributed by atoms with Gasteiger partial charge in [0.05, 0.1) is 24.2 Å². The number of hydrogen-bond acceptors (Lipinski definition) is 3. The van der Waals surface area contributed by atoms with Crippen molar-refractivity contribution in [1.82, 2.24) is 15.3 Å². The van der Waals surface area contributed by atoms with E-state index in [9.17, 15) is 4.79 Å². The summed E-state index contributed by atoms with van der Waals surface area (Å²) in [6.45, 7) is 2.09. The Morgan fingerprint density at radius 1 is 1.21 bits per heavy atom. The van der Waals surface area contributed by atoms with Gasteiger partial charge in [0.1, 0.15) is 11.6 Å². The molecule has 1 amide bonds. The van der Waals surface area contributed by atoms with Crippen LogP contribution in [-0.2, 0) is 0 Å². The van der Waals surface area contributed by atoms with Crippen molar-refractivity contribution >= 4 is 16.9 Å². The summed E-state index contributed by atoms with van der Waals surface area (Å²) >= 11 is 0. The molecule has 0 aliphatic carbocycles. The van der Waals surface area contributed by atoms with Crippen LogP contribution in [0.25, 0.3) is 11.0 Å². The first-order chi connectivity index (χ1) is 11.7. The highest BCUT2D eigenvalue weighted by atomic mass is 16.5. The van der Waals surface area contributed by atoms with E-state index < -0.39 is 0 Å². The van der Waals surface area contributed by atoms with Crippen LogP contribution in [0.2, 0.25) is 0 Å². The smallest absolute Gasteiger partial charge is 0.251 e. The average molecular weight is 323 g/mol. The summed E-state index contributed by atoms with van der Waals surface area (Å²) < 4.78 is 5.12. The Morgan fingerprint density at radius 2 is 1.96 bits per heavy atom. The largest absolute Gasteiger partial charge is 0.497 e. The molecule has 0 aliphatic rings. The van der Waals surface area contributed by atoms with Crippen molar-refractivity contribution in [2.75, 3.05) is 7.11 Å². The van der Waals surface area contributed by atoms with Crippen molar-refractivity contribution in [3.8, 4) is 5.75 Å². The number of nitrogens with one attached hydrogen (secondary N) is 2. The normalized spacial score (nSPS) is 12.1. The van der Waals surface area contributed by atoms with Crippen LogP contribution in [0.5, 0.6) is 5.75 Å². The van der Waals surface area contributed by atoms with E-state index in [1.165, 1.54) is 0 Å². The van der Waals surface area contributed by atoms with Crippen LogP contribution in [0.4, 0.5) is 0 Å². The number of aromatic amines is 1. The molecular weight excluding hydrogens is 302 g/mol. The molecule has 2 aromatic carbocycles. The molecule has 1 atom stereocenters. The van der Waals surface area contributed by atoms with Crippen molar-refractivity contribution < 1.29 is 9.53 Å². The summed E-state index contributed by atoms with van der Waals surface area (Å²) in [5.41, 5.74) is 2.49. The topological polar surface area (TPSA) is 67.0 Å². The Labute approximate surface area is 141 Å². The lowest BCUT2D eigenvalue weighted by Crippen LogP contribution is -2.29. The minimum Gasteiger partial charge on any atom is -0.497 e. The molecule has 1 aromatic heterocycles. The molecule has 0 fully saturated rings. The SMILES string of the molecule is CCC[C@H](NC(=O)c1ccc(OC)cc1)c1nc2ccccc2[nH]1. The minimum atomic E-state index is -0.142. The highest BCUT2D eigenvalue weighted by Crippen LogP contribution is 2.20. The van der Waals surface area contributed by atoms with Crippen LogP contribution < -0.4 is 10.1 Å². The van der Waals surface area contributed by atoms with Crippen LogP contribution in [0.3, 0.4) is 0 Å². The van der Waals surface area contributed by atoms with Crippen molar-refractivity contribution in [2.45, 2.75) is 25.8 Å². The first-order valence-electron chi connectivity index (χ1n) is 8.11. The van der Waals surface area contributed by atoms with Gasteiger partial charge in [-0.25, -0.2) is 4.98 Å². The third kappa shape index (κ3) is 3.40. The molecule has 1 heterocycles. The second-order valence-electron chi connectivity index (χ2n) is 5.68. The Morgan fingerprint density at radius 3 is 2.62 bits per heavy atom. The van der Waals surface area contributed by atoms with Crippen molar-refractivity contribution in [1.29, 1.82) is 0 Å². The Bertz CT molecular complexity index is 791. The van der Waals surface area contributed by atoms with Gasteiger partial charge in [0, 0.05) is 5.56 Å². The van der Waals surface area contributed by atoms with Gasteiger partial charge in [-0.15, -0.1) is 0 Å². The maximum Gasteiger partial charge on any atom is 0.251 e. The number of H-pyrrole nitrogens is 1. The Balaban J connectivity index is 1.80. The van der Waals surface area contributed by atoms with Crippen molar-refractivity contribution in [3.05, 3.63) is 59.9 Å². The van der Waals surface area contributed by atoms with Gasteiger partial charge < -0.3 is 15.0 Å². The summed E-state index contributed by atoms with van der Waals surface area (Å²) in [7, 11) is 1.61. The summed E-state index contributed by atoms with van der Waals surface area (Å²) in [6, 6.07) is 14.8. The van der Waals surface area contributed by atoms with E-state index >= 15 is 0 Å². The van der Waals surface area contributed by atoms with Crippen LogP contribution in [0, 0.1) is 0 Å². The molecule has 3 rings (SSSR count). The number of aromatic nitrogens is 2. The number of hydrogen-bond donors (Lipinski definition) is 2. The van der Waals surface area contributed by atoms with Gasteiger partial charge in [-0.2, -0.15) is 0 Å². The molecule has 5 nitrogen and oxygen atoms in total. The number of amides is 1. The van der Waals surface area contributed by atoms with Crippen LogP contribution in [0.15, 0.2) is 48.5 Å². The molecular formula is C19H21N3O2. The van der Waals surface area contributed by atoms with E-state index in [1.54, 1.807) is 31.4 Å². The number of methoxy groups -OCH3 is 1. The molecule has 124 valence electrons. The molecule has 0 bridgehead atoms. The summed E-state index contributed by atoms with van der Waals surface area (Å²) in [4.78, 5) is 20.4. The number of benzene rings is 2. The van der Waals surface area contributed by atoms with E-state index in [-0.39, 0.29) is 11.9 Å². The summed E-state index contributed by atoms with van der Waals surface area (Å²) in [6.07, 6.45) is 1.77. The van der Waals surface area contributed by atoms with E-state index in [4.69, 9.17) is 4.74 Å². The molecule has 24 heavy (non-hydrogen) atoms. The molecule has 5 heteroatoms. The lowest BCUT2D eigenvalue weighted by atomic mass is 10.1. The third-order valence-corrected chi connectivity index (χ3v) is 3.97. The van der Waals surface area contributed by atoms with Gasteiger partial charge in [-0.3, -0.25) is 4.79 Å². The number of carbonyl (C=O) groups excluding carboxylic acids is 1. The number of imidazole rings is 1. The quantitative estimate of drug-likeness (QED) is 0.724. The van der Waals surface area contributed by atoms with Gasteiger partial charge in [0.25, 0.3) is 5.91 Å². The van der Waals surface area contributed by atoms with Crippen molar-refractivity contribution in [3.63, 3.8) is 0 Å². The number of rotatable bonds is 6. The molecule has 3 aromatic rings. The maximum absolute atomic E-state index is 12.5. The summed E-state index contributed by atoms with van der Waals surface area (Å²) in [5, 5.41) is 3.08. The van der Waals surface area contributed by atoms with Crippen LogP contribution in [0.1, 0.15) is 42.0 Å². The van der Waals surface area contributed by atoms with Gasteiger partial charge in [-0.1, -0.05) is 25.5 Å². The first kappa shape index (κ1) is 16.1. The number of nitrogens with zero attached hydrogens (tertiary/aromatic N) is 1. The van der Waals surface area contributed by atoms with Gasteiger partial charge in [-0.05, 0) is 42.8 Å². The van der Waals surface area contributed by atoms with E-state index in [1.807, 2.05) is 24.3 Å². The van der Waals surface area contributed by atoms with Crippen molar-refractivity contribution in [2.24, 2.45) is 0 Å². The minimum absolute atomic E-state index is 0.114. The fourth-order valence-electron chi connectivity index (χ4n) is 2.69. The zero-order valence-electron chi connectivity index (χ0n) is 13.9. The lowest BCUT2D eigenvalue weighted by molar-refractivity contribution is 0.0932. The molecule has 2 N–H and O–H groups in total. The summed E-state index contributed by atoms with van der Waals surface area (Å²) in [5.74, 6) is 1.41. The number of ether oxygens (including phenoxy) is 1. The van der Waals surface area contributed by atoms with E-state index in [0.717, 1.165) is 35.4 Å². The molecule has 0 spiro atoms. The second kappa shape index (κ2) is 7.17. The monoisotopic (exact) mass is 323 g/mol. The van der Waals surface area contributed by atoms with Gasteiger partial charge >= 0.3 is 0 Å². The fraction of sp³-hybridized carbons (Fsp3) is 0.263. The number of fused-ring (bicyclic) bond motifs is 1. The highest BCUT2D eigenvalue weighted by Gasteiger charge is 2.18. The predicted molar refractivity (Wildman–Crippen MR) is 94.2 cm³/mol. The average Bonchev–Trinajstić information content (AvgIpc) is 3.05. The Hall–Kier alpha value is -2.82. The van der Waals surface area contributed by atoms with Gasteiger partial charge in [0.2, 0.25) is 0 Å². The van der Waals surface area contributed by atoms with E-state index in [2.05, 4.69) is 22.2 Å². The fourth-order valence-corrected chi connectivity index (χ4v) is 2.69. The van der Waals surface area contributed by atoms with Crippen LogP contribution >= 0.6 is 0 Å². The zero-order valence-corrected chi connectivity index (χ0v) is 13.9. The molecule has 0 radical (unpaired) electrons. The first-order valence-corrected chi connectivity index (χ1v) is 8.11. The number of carbonyl (C=O) groups is 1. The Kier molecular flexibility index (Phi) is 4.79. The highest BCUT2D eigenvalue weighted by molar-refractivity contribution is 5.94. The maximum atomic E-state index is 12.5. The molecule has 0 saturated heterocycles. The number of para-hydroxylation sites is 2. The van der Waals surface area contributed by atoms with Gasteiger partial charge in [0.15, 0.2) is 0 Å². The lowest BCUT2D eigenvalue weighted by Gasteiger charge is -2.16. The molecule has 0 saturated carbocycles. The molecule has 0 aliphatic heterocycles. The third-order valence-electron chi connectivity index (χ3n) is 3.97. The van der Waals surface area contributed by atoms with Crippen LogP contribution in [-0.4, -0.2) is 23.0 Å². The zero-order chi connectivity index (χ0) is 16.9. The second-order valence-corrected chi connectivity index (χ2v) is 5.68. The van der Waals surface area contributed by atoms with E-state index in [0.29, 0.717) is 5.56 Å².